The number of urea groups is 1. The van der Waals surface area contributed by atoms with Crippen LogP contribution in [0.4, 0.5) is 4.79 Å². The summed E-state index contributed by atoms with van der Waals surface area (Å²) in [4.78, 5) is 16.9. The van der Waals surface area contributed by atoms with Gasteiger partial charge in [-0.25, -0.2) is 4.79 Å². The summed E-state index contributed by atoms with van der Waals surface area (Å²) < 4.78 is 7.25. The number of piperazine rings is 1. The van der Waals surface area contributed by atoms with Crippen molar-refractivity contribution in [2.75, 3.05) is 33.3 Å². The Balaban J connectivity index is 1.44. The van der Waals surface area contributed by atoms with Gasteiger partial charge in [0.15, 0.2) is 0 Å². The topological polar surface area (TPSA) is 62.6 Å². The van der Waals surface area contributed by atoms with Crippen LogP contribution in [0.2, 0.25) is 0 Å². The van der Waals surface area contributed by atoms with Crippen LogP contribution in [0.15, 0.2) is 30.3 Å². The Hall–Kier alpha value is -2.54. The van der Waals surface area contributed by atoms with Gasteiger partial charge in [-0.1, -0.05) is 12.1 Å². The van der Waals surface area contributed by atoms with E-state index in [1.165, 1.54) is 5.56 Å². The molecule has 1 unspecified atom stereocenters. The quantitative estimate of drug-likeness (QED) is 0.830. The molecule has 7 heteroatoms. The molecule has 1 fully saturated rings. The van der Waals surface area contributed by atoms with Crippen LogP contribution in [-0.4, -0.2) is 64.9 Å². The van der Waals surface area contributed by atoms with Gasteiger partial charge in [-0.05, 0) is 44.5 Å². The number of nitrogens with zero attached hydrogens (tertiary/aromatic N) is 4. The summed E-state index contributed by atoms with van der Waals surface area (Å²) in [6.45, 7) is 10.8. The molecule has 2 aromatic rings. The Bertz CT molecular complexity index is 796. The smallest absolute Gasteiger partial charge is 0.317 e. The zero-order chi connectivity index (χ0) is 20.1. The van der Waals surface area contributed by atoms with E-state index >= 15 is 0 Å². The van der Waals surface area contributed by atoms with Gasteiger partial charge in [0.1, 0.15) is 5.75 Å². The molecule has 2 heterocycles. The second kappa shape index (κ2) is 9.10. The van der Waals surface area contributed by atoms with Crippen LogP contribution in [0.3, 0.4) is 0 Å². The molecule has 7 nitrogen and oxygen atoms in total. The number of hydrogen-bond acceptors (Lipinski definition) is 4. The zero-order valence-electron chi connectivity index (χ0n) is 17.3. The molecule has 0 spiro atoms. The molecule has 2 amide bonds. The third kappa shape index (κ3) is 5.25. The van der Waals surface area contributed by atoms with Crippen molar-refractivity contribution >= 4 is 6.03 Å². The molecule has 1 aliphatic heterocycles. The Labute approximate surface area is 167 Å². The standard InChI is InChI=1S/C21H31N5O2/c1-16-12-18(3)26(23-16)14-17(2)22-21(27)25-10-8-24(9-11-25)15-19-6-5-7-20(13-19)28-4/h5-7,12-13,17H,8-11,14-15H2,1-4H3,(H,22,27). The molecule has 1 N–H and O–H groups in total. The van der Waals surface area contributed by atoms with E-state index in [0.29, 0.717) is 6.54 Å². The summed E-state index contributed by atoms with van der Waals surface area (Å²) >= 11 is 0. The summed E-state index contributed by atoms with van der Waals surface area (Å²) in [6, 6.07) is 10.2. The largest absolute Gasteiger partial charge is 0.497 e. The molecule has 0 radical (unpaired) electrons. The molecule has 152 valence electrons. The Morgan fingerprint density at radius 2 is 1.96 bits per heavy atom. The minimum atomic E-state index is 0.00932. The van der Waals surface area contributed by atoms with Gasteiger partial charge in [-0.15, -0.1) is 0 Å². The predicted molar refractivity (Wildman–Crippen MR) is 110 cm³/mol. The zero-order valence-corrected chi connectivity index (χ0v) is 17.3. The highest BCUT2D eigenvalue weighted by atomic mass is 16.5. The van der Waals surface area contributed by atoms with Gasteiger partial charge in [-0.2, -0.15) is 5.10 Å². The van der Waals surface area contributed by atoms with Gasteiger partial charge in [0.2, 0.25) is 0 Å². The molecular formula is C21H31N5O2. The highest BCUT2D eigenvalue weighted by Gasteiger charge is 2.22. The van der Waals surface area contributed by atoms with Crippen molar-refractivity contribution in [1.29, 1.82) is 0 Å². The minimum absolute atomic E-state index is 0.00932. The third-order valence-corrected chi connectivity index (χ3v) is 5.12. The van der Waals surface area contributed by atoms with E-state index in [1.54, 1.807) is 7.11 Å². The van der Waals surface area contributed by atoms with Crippen LogP contribution in [0, 0.1) is 13.8 Å². The van der Waals surface area contributed by atoms with Crippen molar-refractivity contribution in [2.24, 2.45) is 0 Å². The number of nitrogens with one attached hydrogen (secondary N) is 1. The van der Waals surface area contributed by atoms with Crippen molar-refractivity contribution in [3.8, 4) is 5.75 Å². The van der Waals surface area contributed by atoms with Crippen molar-refractivity contribution < 1.29 is 9.53 Å². The molecule has 0 bridgehead atoms. The van der Waals surface area contributed by atoms with E-state index in [0.717, 1.165) is 49.9 Å². The monoisotopic (exact) mass is 385 g/mol. The molecular weight excluding hydrogens is 354 g/mol. The summed E-state index contributed by atoms with van der Waals surface area (Å²) in [6.07, 6.45) is 0. The Morgan fingerprint density at radius 3 is 2.61 bits per heavy atom. The van der Waals surface area contributed by atoms with Gasteiger partial charge >= 0.3 is 6.03 Å². The number of carbonyl (C=O) groups excluding carboxylic acids is 1. The highest BCUT2D eigenvalue weighted by molar-refractivity contribution is 5.74. The maximum Gasteiger partial charge on any atom is 0.317 e. The molecule has 1 aliphatic rings. The normalized spacial score (nSPS) is 16.1. The SMILES string of the molecule is COc1cccc(CN2CCN(C(=O)NC(C)Cn3nc(C)cc3C)CC2)c1. The fourth-order valence-corrected chi connectivity index (χ4v) is 3.60. The lowest BCUT2D eigenvalue weighted by atomic mass is 10.2. The third-order valence-electron chi connectivity index (χ3n) is 5.12. The summed E-state index contributed by atoms with van der Waals surface area (Å²) in [7, 11) is 1.69. The van der Waals surface area contributed by atoms with E-state index in [2.05, 4.69) is 33.5 Å². The average molecular weight is 386 g/mol. The second-order valence-corrected chi connectivity index (χ2v) is 7.57. The predicted octanol–water partition coefficient (Wildman–Crippen LogP) is 2.42. The summed E-state index contributed by atoms with van der Waals surface area (Å²) in [5.74, 6) is 0.882. The van der Waals surface area contributed by atoms with Gasteiger partial charge in [0.05, 0.1) is 19.3 Å². The van der Waals surface area contributed by atoms with Gasteiger partial charge < -0.3 is 15.0 Å². The van der Waals surface area contributed by atoms with Crippen LogP contribution in [0.1, 0.15) is 23.9 Å². The molecule has 1 aromatic carbocycles. The van der Waals surface area contributed by atoms with Crippen molar-refractivity contribution in [3.05, 3.63) is 47.3 Å². The number of hydrogen-bond donors (Lipinski definition) is 1. The number of rotatable bonds is 6. The van der Waals surface area contributed by atoms with Crippen molar-refractivity contribution in [2.45, 2.75) is 39.9 Å². The molecule has 1 saturated heterocycles. The van der Waals surface area contributed by atoms with Gasteiger partial charge in [-0.3, -0.25) is 9.58 Å². The van der Waals surface area contributed by atoms with Crippen molar-refractivity contribution in [3.63, 3.8) is 0 Å². The first-order valence-corrected chi connectivity index (χ1v) is 9.86. The van der Waals surface area contributed by atoms with E-state index < -0.39 is 0 Å². The minimum Gasteiger partial charge on any atom is -0.497 e. The lowest BCUT2D eigenvalue weighted by Gasteiger charge is -2.35. The average Bonchev–Trinajstić information content (AvgIpc) is 2.99. The Morgan fingerprint density at radius 1 is 1.21 bits per heavy atom. The lowest BCUT2D eigenvalue weighted by Crippen LogP contribution is -2.53. The van der Waals surface area contributed by atoms with Crippen LogP contribution in [0.25, 0.3) is 0 Å². The number of benzene rings is 1. The first kappa shape index (κ1) is 20.2. The van der Waals surface area contributed by atoms with Crippen LogP contribution >= 0.6 is 0 Å². The van der Waals surface area contributed by atoms with Crippen LogP contribution < -0.4 is 10.1 Å². The number of aryl methyl sites for hydroxylation is 2. The maximum atomic E-state index is 12.6. The maximum absolute atomic E-state index is 12.6. The summed E-state index contributed by atoms with van der Waals surface area (Å²) in [5, 5.41) is 7.57. The molecule has 1 atom stereocenters. The molecule has 0 saturated carbocycles. The van der Waals surface area contributed by atoms with E-state index in [9.17, 15) is 4.79 Å². The number of methoxy groups -OCH3 is 1. The number of ether oxygens (including phenoxy) is 1. The molecule has 3 rings (SSSR count). The Kier molecular flexibility index (Phi) is 6.57. The highest BCUT2D eigenvalue weighted by Crippen LogP contribution is 2.15. The number of carbonyl (C=O) groups is 1. The fourth-order valence-electron chi connectivity index (χ4n) is 3.60. The fraction of sp³-hybridized carbons (Fsp3) is 0.524. The molecule has 1 aromatic heterocycles. The first-order valence-electron chi connectivity index (χ1n) is 9.86. The van der Waals surface area contributed by atoms with Crippen LogP contribution in [-0.2, 0) is 13.1 Å². The van der Waals surface area contributed by atoms with E-state index in [1.807, 2.05) is 42.5 Å². The first-order chi connectivity index (χ1) is 13.4. The summed E-state index contributed by atoms with van der Waals surface area (Å²) in [5.41, 5.74) is 3.35. The van der Waals surface area contributed by atoms with Gasteiger partial charge in [0.25, 0.3) is 0 Å². The van der Waals surface area contributed by atoms with E-state index in [-0.39, 0.29) is 12.1 Å². The number of amides is 2. The van der Waals surface area contributed by atoms with Crippen molar-refractivity contribution in [1.82, 2.24) is 24.9 Å². The van der Waals surface area contributed by atoms with Gasteiger partial charge in [0, 0.05) is 44.5 Å². The number of aromatic nitrogens is 2. The van der Waals surface area contributed by atoms with Crippen LogP contribution in [0.5, 0.6) is 5.75 Å². The molecule has 28 heavy (non-hydrogen) atoms. The van der Waals surface area contributed by atoms with E-state index in [4.69, 9.17) is 4.74 Å². The second-order valence-electron chi connectivity index (χ2n) is 7.57. The lowest BCUT2D eigenvalue weighted by molar-refractivity contribution is 0.133. The molecule has 0 aliphatic carbocycles.